The number of hydrogen-bond acceptors (Lipinski definition) is 5. The van der Waals surface area contributed by atoms with E-state index in [1.54, 1.807) is 18.2 Å². The van der Waals surface area contributed by atoms with Gasteiger partial charge in [-0.3, -0.25) is 14.9 Å². The van der Waals surface area contributed by atoms with Crippen molar-refractivity contribution in [3.05, 3.63) is 70.3 Å². The number of carbonyl (C=O) groups is 1. The van der Waals surface area contributed by atoms with E-state index in [2.05, 4.69) is 27.7 Å². The van der Waals surface area contributed by atoms with E-state index in [0.29, 0.717) is 18.8 Å². The van der Waals surface area contributed by atoms with Crippen LogP contribution in [0, 0.1) is 10.1 Å². The van der Waals surface area contributed by atoms with Gasteiger partial charge in [0.05, 0.1) is 4.92 Å². The van der Waals surface area contributed by atoms with Gasteiger partial charge in [0.1, 0.15) is 5.69 Å². The summed E-state index contributed by atoms with van der Waals surface area (Å²) in [6, 6.07) is 16.8. The minimum absolute atomic E-state index is 0.00782. The van der Waals surface area contributed by atoms with Crippen LogP contribution in [-0.4, -0.2) is 49.0 Å². The zero-order valence-electron chi connectivity index (χ0n) is 15.7. The lowest BCUT2D eigenvalue weighted by molar-refractivity contribution is -0.384. The molecular weight excluding hydrogens is 344 g/mol. The molecule has 144 valence electrons. The average molecular weight is 370 g/mol. The summed E-state index contributed by atoms with van der Waals surface area (Å²) >= 11 is 0. The molecule has 2 rings (SSSR count). The molecule has 0 aromatic heterocycles. The number of amides is 1. The normalized spacial score (nSPS) is 11.8. The first-order valence-electron chi connectivity index (χ1n) is 8.91. The van der Waals surface area contributed by atoms with Gasteiger partial charge in [0.25, 0.3) is 5.69 Å². The molecule has 0 aliphatic rings. The van der Waals surface area contributed by atoms with Crippen molar-refractivity contribution in [3.8, 4) is 0 Å². The highest BCUT2D eigenvalue weighted by Crippen LogP contribution is 2.22. The topological polar surface area (TPSA) is 87.5 Å². The summed E-state index contributed by atoms with van der Waals surface area (Å²) < 4.78 is 0. The number of nitrogens with one attached hydrogen (secondary N) is 2. The van der Waals surface area contributed by atoms with Crippen LogP contribution in [0.15, 0.2) is 54.6 Å². The maximum Gasteiger partial charge on any atom is 0.292 e. The van der Waals surface area contributed by atoms with Gasteiger partial charge in [-0.25, -0.2) is 0 Å². The van der Waals surface area contributed by atoms with Crippen LogP contribution >= 0.6 is 0 Å². The third-order valence-electron chi connectivity index (χ3n) is 4.35. The quantitative estimate of drug-likeness (QED) is 0.496. The molecule has 1 atom stereocenters. The third kappa shape index (κ3) is 6.71. The van der Waals surface area contributed by atoms with Crippen molar-refractivity contribution < 1.29 is 9.72 Å². The molecule has 0 saturated carbocycles. The first-order chi connectivity index (χ1) is 13.0. The number of nitro groups is 1. The van der Waals surface area contributed by atoms with Gasteiger partial charge in [0, 0.05) is 31.6 Å². The fourth-order valence-corrected chi connectivity index (χ4v) is 2.74. The molecule has 7 nitrogen and oxygen atoms in total. The second kappa shape index (κ2) is 10.3. The summed E-state index contributed by atoms with van der Waals surface area (Å²) in [6.07, 6.45) is 1.10. The van der Waals surface area contributed by atoms with Gasteiger partial charge in [-0.15, -0.1) is 0 Å². The largest absolute Gasteiger partial charge is 0.379 e. The third-order valence-corrected chi connectivity index (χ3v) is 4.35. The highest BCUT2D eigenvalue weighted by atomic mass is 16.6. The van der Waals surface area contributed by atoms with Gasteiger partial charge >= 0.3 is 0 Å². The molecule has 2 N–H and O–H groups in total. The van der Waals surface area contributed by atoms with E-state index >= 15 is 0 Å². The maximum atomic E-state index is 12.1. The van der Waals surface area contributed by atoms with Crippen LogP contribution in [0.3, 0.4) is 0 Å². The lowest BCUT2D eigenvalue weighted by atomic mass is 10.1. The molecule has 0 heterocycles. The van der Waals surface area contributed by atoms with Gasteiger partial charge in [-0.2, -0.15) is 0 Å². The Kier molecular flexibility index (Phi) is 7.76. The SMILES string of the molecule is CN(C)C(CNC(=O)CCNc1ccccc1[N+](=O)[O-])Cc1ccccc1. The number of likely N-dealkylation sites (N-methyl/N-ethyl adjacent to an activating group) is 1. The molecule has 7 heteroatoms. The molecule has 0 fully saturated rings. The Morgan fingerprint density at radius 2 is 1.78 bits per heavy atom. The summed E-state index contributed by atoms with van der Waals surface area (Å²) in [5.74, 6) is -0.0824. The second-order valence-electron chi connectivity index (χ2n) is 6.56. The zero-order valence-corrected chi connectivity index (χ0v) is 15.7. The van der Waals surface area contributed by atoms with Crippen molar-refractivity contribution >= 4 is 17.3 Å². The van der Waals surface area contributed by atoms with Crippen molar-refractivity contribution in [2.75, 3.05) is 32.5 Å². The molecular formula is C20H26N4O3. The van der Waals surface area contributed by atoms with Crippen LogP contribution in [0.2, 0.25) is 0 Å². The summed E-state index contributed by atoms with van der Waals surface area (Å²) in [5, 5.41) is 16.9. The number of rotatable bonds is 10. The molecule has 2 aromatic rings. The van der Waals surface area contributed by atoms with Crippen molar-refractivity contribution in [1.29, 1.82) is 0 Å². The molecule has 1 amide bonds. The Hall–Kier alpha value is -2.93. The fourth-order valence-electron chi connectivity index (χ4n) is 2.74. The molecule has 0 spiro atoms. The zero-order chi connectivity index (χ0) is 19.6. The highest BCUT2D eigenvalue weighted by molar-refractivity contribution is 5.76. The Labute approximate surface area is 159 Å². The minimum Gasteiger partial charge on any atom is -0.379 e. The summed E-state index contributed by atoms with van der Waals surface area (Å²) in [4.78, 5) is 24.8. The van der Waals surface area contributed by atoms with Crippen LogP contribution < -0.4 is 10.6 Å². The molecule has 0 bridgehead atoms. The Morgan fingerprint density at radius 3 is 2.44 bits per heavy atom. The molecule has 1 unspecified atom stereocenters. The van der Waals surface area contributed by atoms with E-state index in [-0.39, 0.29) is 24.1 Å². The van der Waals surface area contributed by atoms with E-state index in [1.807, 2.05) is 32.3 Å². The van der Waals surface area contributed by atoms with Crippen LogP contribution in [0.1, 0.15) is 12.0 Å². The molecule has 0 radical (unpaired) electrons. The number of hydrogen-bond donors (Lipinski definition) is 2. The lowest BCUT2D eigenvalue weighted by Gasteiger charge is -2.24. The fraction of sp³-hybridized carbons (Fsp3) is 0.350. The monoisotopic (exact) mass is 370 g/mol. The number of benzene rings is 2. The first-order valence-corrected chi connectivity index (χ1v) is 8.91. The Balaban J connectivity index is 1.78. The van der Waals surface area contributed by atoms with Crippen molar-refractivity contribution in [3.63, 3.8) is 0 Å². The molecule has 0 aliphatic heterocycles. The Morgan fingerprint density at radius 1 is 1.11 bits per heavy atom. The van der Waals surface area contributed by atoms with Crippen LogP contribution in [-0.2, 0) is 11.2 Å². The van der Waals surface area contributed by atoms with Crippen molar-refractivity contribution in [2.45, 2.75) is 18.9 Å². The van der Waals surface area contributed by atoms with E-state index < -0.39 is 4.92 Å². The summed E-state index contributed by atoms with van der Waals surface area (Å²) in [7, 11) is 3.99. The average Bonchev–Trinajstić information content (AvgIpc) is 2.66. The summed E-state index contributed by atoms with van der Waals surface area (Å²) in [6.45, 7) is 0.883. The van der Waals surface area contributed by atoms with Gasteiger partial charge < -0.3 is 15.5 Å². The number of para-hydroxylation sites is 2. The predicted octanol–water partition coefficient (Wildman–Crippen LogP) is 2.69. The number of nitro benzene ring substituents is 1. The van der Waals surface area contributed by atoms with E-state index in [0.717, 1.165) is 6.42 Å². The highest BCUT2D eigenvalue weighted by Gasteiger charge is 2.15. The standard InChI is InChI=1S/C20H26N4O3/c1-23(2)17(14-16-8-4-3-5-9-16)15-22-20(25)12-13-21-18-10-6-7-11-19(18)24(26)27/h3-11,17,21H,12-15H2,1-2H3,(H,22,25). The van der Waals surface area contributed by atoms with E-state index in [9.17, 15) is 14.9 Å². The number of carbonyl (C=O) groups excluding carboxylic acids is 1. The van der Waals surface area contributed by atoms with Gasteiger partial charge in [-0.05, 0) is 32.1 Å². The van der Waals surface area contributed by atoms with E-state index in [1.165, 1.54) is 11.6 Å². The van der Waals surface area contributed by atoms with Crippen molar-refractivity contribution in [1.82, 2.24) is 10.2 Å². The first kappa shape index (κ1) is 20.4. The second-order valence-corrected chi connectivity index (χ2v) is 6.56. The molecule has 27 heavy (non-hydrogen) atoms. The van der Waals surface area contributed by atoms with Gasteiger partial charge in [0.15, 0.2) is 0 Å². The molecule has 2 aromatic carbocycles. The lowest BCUT2D eigenvalue weighted by Crippen LogP contribution is -2.41. The Bertz CT molecular complexity index is 750. The van der Waals surface area contributed by atoms with Gasteiger partial charge in [0.2, 0.25) is 5.91 Å². The number of anilines is 1. The van der Waals surface area contributed by atoms with Gasteiger partial charge in [-0.1, -0.05) is 42.5 Å². The maximum absolute atomic E-state index is 12.1. The van der Waals surface area contributed by atoms with E-state index in [4.69, 9.17) is 0 Å². The van der Waals surface area contributed by atoms with Crippen LogP contribution in [0.5, 0.6) is 0 Å². The van der Waals surface area contributed by atoms with Crippen LogP contribution in [0.25, 0.3) is 0 Å². The predicted molar refractivity (Wildman–Crippen MR) is 107 cm³/mol. The molecule has 0 aliphatic carbocycles. The summed E-state index contributed by atoms with van der Waals surface area (Å²) in [5.41, 5.74) is 1.66. The smallest absolute Gasteiger partial charge is 0.292 e. The minimum atomic E-state index is -0.437. The van der Waals surface area contributed by atoms with Crippen LogP contribution in [0.4, 0.5) is 11.4 Å². The molecule has 0 saturated heterocycles. The van der Waals surface area contributed by atoms with Crippen molar-refractivity contribution in [2.24, 2.45) is 0 Å². The number of nitrogens with zero attached hydrogens (tertiary/aromatic N) is 2.